The molecular weight excluding hydrogens is 474 g/mol. The third-order valence-electron chi connectivity index (χ3n) is 5.92. The highest BCUT2D eigenvalue weighted by atomic mass is 35.5. The highest BCUT2D eigenvalue weighted by molar-refractivity contribution is 7.98. The van der Waals surface area contributed by atoms with Gasteiger partial charge >= 0.3 is 11.9 Å². The molecule has 0 amide bonds. The van der Waals surface area contributed by atoms with Crippen LogP contribution in [0.4, 0.5) is 0 Å². The minimum absolute atomic E-state index is 0.00291. The number of aromatic nitrogens is 2. The third-order valence-corrected chi connectivity index (χ3v) is 7.27. The van der Waals surface area contributed by atoms with Crippen LogP contribution in [0.25, 0.3) is 5.69 Å². The summed E-state index contributed by atoms with van der Waals surface area (Å²) < 4.78 is 13.3. The molecule has 0 unspecified atom stereocenters. The van der Waals surface area contributed by atoms with Gasteiger partial charge in [0.2, 0.25) is 0 Å². The van der Waals surface area contributed by atoms with Gasteiger partial charge in [-0.1, -0.05) is 29.8 Å². The van der Waals surface area contributed by atoms with E-state index in [4.69, 9.17) is 26.2 Å². The van der Waals surface area contributed by atoms with Gasteiger partial charge in [-0.15, -0.1) is 11.8 Å². The van der Waals surface area contributed by atoms with E-state index in [9.17, 15) is 9.59 Å². The fourth-order valence-electron chi connectivity index (χ4n) is 4.39. The highest BCUT2D eigenvalue weighted by Crippen LogP contribution is 2.39. The number of carbonyl (C=O) groups is 2. The van der Waals surface area contributed by atoms with Gasteiger partial charge in [0.15, 0.2) is 0 Å². The summed E-state index contributed by atoms with van der Waals surface area (Å²) in [5, 5.41) is 8.63. The lowest BCUT2D eigenvalue weighted by Crippen LogP contribution is -2.43. The summed E-state index contributed by atoms with van der Waals surface area (Å²) in [7, 11) is 0. The molecule has 0 radical (unpaired) electrons. The molecule has 0 atom stereocenters. The average Bonchev–Trinajstić information content (AvgIpc) is 3.00. The number of aryl methyl sites for hydroxylation is 1. The molecule has 0 aliphatic carbocycles. The maximum absolute atomic E-state index is 12.4. The number of rotatable bonds is 4. The van der Waals surface area contributed by atoms with Crippen LogP contribution in [-0.2, 0) is 37.0 Å². The number of carbonyl (C=O) groups excluding carboxylic acids is 2. The number of esters is 2. The largest absolute Gasteiger partial charge is 0.416 e. The SMILES string of the molecule is Cc1cc(CSc2ccccc2)nn1-c1c(Cl)ccc2c1CCNCC21OC(=O)CCC(=O)O1. The standard InChI is InChI=1S/C25H24ClN3O4S/c1-16-13-17(14-34-18-5-3-2-4-6-18)28-29(16)24-19-11-12-27-15-25(20(19)7-8-21(24)26)32-22(30)9-10-23(31)33-25/h2-8,13,27H,9-12,14-15H2,1H3. The zero-order valence-electron chi connectivity index (χ0n) is 18.7. The molecule has 9 heteroatoms. The lowest BCUT2D eigenvalue weighted by Gasteiger charge is -2.32. The summed E-state index contributed by atoms with van der Waals surface area (Å²) in [6.07, 6.45) is 0.601. The van der Waals surface area contributed by atoms with Gasteiger partial charge in [-0.25, -0.2) is 4.68 Å². The van der Waals surface area contributed by atoms with Gasteiger partial charge in [0, 0.05) is 21.9 Å². The molecule has 176 valence electrons. The number of hydrogen-bond donors (Lipinski definition) is 1. The van der Waals surface area contributed by atoms with Gasteiger partial charge in [-0.05, 0) is 55.8 Å². The van der Waals surface area contributed by atoms with E-state index in [-0.39, 0.29) is 19.4 Å². The van der Waals surface area contributed by atoms with Crippen LogP contribution in [-0.4, -0.2) is 34.8 Å². The predicted molar refractivity (Wildman–Crippen MR) is 129 cm³/mol. The first kappa shape index (κ1) is 23.0. The van der Waals surface area contributed by atoms with Gasteiger partial charge in [0.25, 0.3) is 5.79 Å². The maximum atomic E-state index is 12.4. The smallest absolute Gasteiger partial charge is 0.309 e. The Morgan fingerprint density at radius 2 is 1.82 bits per heavy atom. The number of hydrogen-bond acceptors (Lipinski definition) is 7. The molecular formula is C25H24ClN3O4S. The van der Waals surface area contributed by atoms with Gasteiger partial charge in [0.1, 0.15) is 0 Å². The predicted octanol–water partition coefficient (Wildman–Crippen LogP) is 4.31. The van der Waals surface area contributed by atoms with Crippen molar-refractivity contribution in [1.82, 2.24) is 15.1 Å². The minimum atomic E-state index is -1.52. The highest BCUT2D eigenvalue weighted by Gasteiger charge is 2.46. The van der Waals surface area contributed by atoms with E-state index in [1.807, 2.05) is 35.9 Å². The van der Waals surface area contributed by atoms with Gasteiger partial charge < -0.3 is 14.8 Å². The first-order valence-electron chi connectivity index (χ1n) is 11.2. The Balaban J connectivity index is 1.56. The van der Waals surface area contributed by atoms with Crippen LogP contribution < -0.4 is 5.32 Å². The second-order valence-corrected chi connectivity index (χ2v) is 9.80. The fourth-order valence-corrected chi connectivity index (χ4v) is 5.46. The molecule has 1 saturated heterocycles. The molecule has 0 bridgehead atoms. The number of nitrogens with zero attached hydrogens (tertiary/aromatic N) is 2. The molecule has 5 rings (SSSR count). The van der Waals surface area contributed by atoms with Crippen molar-refractivity contribution in [3.63, 3.8) is 0 Å². The van der Waals surface area contributed by atoms with Crippen LogP contribution in [0.15, 0.2) is 53.4 Å². The monoisotopic (exact) mass is 497 g/mol. The quantitative estimate of drug-likeness (QED) is 0.425. The second kappa shape index (κ2) is 9.44. The number of nitrogens with one attached hydrogen (secondary N) is 1. The summed E-state index contributed by atoms with van der Waals surface area (Å²) >= 11 is 8.43. The molecule has 3 heterocycles. The van der Waals surface area contributed by atoms with E-state index < -0.39 is 17.7 Å². The maximum Gasteiger partial charge on any atom is 0.309 e. The molecule has 1 spiro atoms. The Morgan fingerprint density at radius 1 is 1.09 bits per heavy atom. The van der Waals surface area contributed by atoms with Crippen molar-refractivity contribution in [3.8, 4) is 5.69 Å². The normalized spacial score (nSPS) is 17.5. The van der Waals surface area contributed by atoms with Crippen LogP contribution in [0.3, 0.4) is 0 Å². The van der Waals surface area contributed by atoms with Crippen molar-refractivity contribution in [2.24, 2.45) is 0 Å². The molecule has 1 aromatic heterocycles. The van der Waals surface area contributed by atoms with Gasteiger partial charge in [-0.2, -0.15) is 5.10 Å². The van der Waals surface area contributed by atoms with Crippen molar-refractivity contribution >= 4 is 35.3 Å². The zero-order valence-corrected chi connectivity index (χ0v) is 20.2. The fraction of sp³-hybridized carbons (Fsp3) is 0.320. The summed E-state index contributed by atoms with van der Waals surface area (Å²) in [6, 6.07) is 15.7. The van der Waals surface area contributed by atoms with Crippen LogP contribution in [0.1, 0.15) is 35.4 Å². The topological polar surface area (TPSA) is 82.5 Å². The van der Waals surface area contributed by atoms with Crippen LogP contribution in [0, 0.1) is 6.92 Å². The summed E-state index contributed by atoms with van der Waals surface area (Å²) in [5.74, 6) is -1.74. The molecule has 0 saturated carbocycles. The number of halogens is 1. The van der Waals surface area contributed by atoms with Crippen molar-refractivity contribution in [1.29, 1.82) is 0 Å². The average molecular weight is 498 g/mol. The Morgan fingerprint density at radius 3 is 2.56 bits per heavy atom. The lowest BCUT2D eigenvalue weighted by atomic mass is 9.96. The number of thioether (sulfide) groups is 1. The third kappa shape index (κ3) is 4.45. The van der Waals surface area contributed by atoms with E-state index in [0.29, 0.717) is 35.0 Å². The second-order valence-electron chi connectivity index (χ2n) is 8.34. The number of ether oxygens (including phenoxy) is 2. The Labute approximate surface area is 206 Å². The van der Waals surface area contributed by atoms with Crippen molar-refractivity contribution < 1.29 is 19.1 Å². The molecule has 2 aromatic carbocycles. The van der Waals surface area contributed by atoms with E-state index in [0.717, 1.165) is 17.0 Å². The Hall–Kier alpha value is -2.81. The zero-order chi connectivity index (χ0) is 23.7. The first-order valence-corrected chi connectivity index (χ1v) is 12.5. The van der Waals surface area contributed by atoms with Crippen LogP contribution in [0.2, 0.25) is 5.02 Å². The molecule has 7 nitrogen and oxygen atoms in total. The van der Waals surface area contributed by atoms with Crippen LogP contribution in [0.5, 0.6) is 0 Å². The van der Waals surface area contributed by atoms with E-state index in [1.165, 1.54) is 4.90 Å². The van der Waals surface area contributed by atoms with E-state index in [2.05, 4.69) is 17.4 Å². The Kier molecular flexibility index (Phi) is 6.38. The molecule has 3 aromatic rings. The number of benzene rings is 2. The molecule has 34 heavy (non-hydrogen) atoms. The van der Waals surface area contributed by atoms with Gasteiger partial charge in [-0.3, -0.25) is 9.59 Å². The lowest BCUT2D eigenvalue weighted by molar-refractivity contribution is -0.225. The number of fused-ring (bicyclic) bond motifs is 2. The first-order chi connectivity index (χ1) is 16.4. The summed E-state index contributed by atoms with van der Waals surface area (Å²) in [6.45, 7) is 2.76. The Bertz CT molecular complexity index is 1230. The van der Waals surface area contributed by atoms with Crippen molar-refractivity contribution in [2.45, 2.75) is 42.6 Å². The summed E-state index contributed by atoms with van der Waals surface area (Å²) in [4.78, 5) is 25.9. The summed E-state index contributed by atoms with van der Waals surface area (Å²) in [5.41, 5.74) is 4.03. The van der Waals surface area contributed by atoms with Crippen molar-refractivity contribution in [3.05, 3.63) is 76.1 Å². The van der Waals surface area contributed by atoms with Crippen molar-refractivity contribution in [2.75, 3.05) is 13.1 Å². The molecule has 1 fully saturated rings. The van der Waals surface area contributed by atoms with E-state index >= 15 is 0 Å². The minimum Gasteiger partial charge on any atom is -0.416 e. The van der Waals surface area contributed by atoms with E-state index in [1.54, 1.807) is 23.9 Å². The molecule has 2 aliphatic rings. The molecule has 1 N–H and O–H groups in total. The van der Waals surface area contributed by atoms with Gasteiger partial charge in [0.05, 0.1) is 35.8 Å². The van der Waals surface area contributed by atoms with Crippen LogP contribution >= 0.6 is 23.4 Å². The molecule has 2 aliphatic heterocycles.